The first-order valence-corrected chi connectivity index (χ1v) is 6.43. The first-order valence-electron chi connectivity index (χ1n) is 6.43. The van der Waals surface area contributed by atoms with Gasteiger partial charge in [0, 0.05) is 5.56 Å². The fraction of sp³-hybridized carbons (Fsp3) is 0.118. The van der Waals surface area contributed by atoms with Crippen molar-refractivity contribution in [3.05, 3.63) is 65.7 Å². The standard InChI is InChI=1S/C17H16O3/c1-2-20-16-10-3-13(4-11-16)5-12-17(19)14-6-8-15(18)9-7-14/h3-12,18H,2H2,1H3. The van der Waals surface area contributed by atoms with Gasteiger partial charge in [-0.25, -0.2) is 0 Å². The number of aromatic hydroxyl groups is 1. The number of rotatable bonds is 5. The van der Waals surface area contributed by atoms with Crippen LogP contribution in [0.1, 0.15) is 22.8 Å². The van der Waals surface area contributed by atoms with Gasteiger partial charge >= 0.3 is 0 Å². The molecule has 0 saturated heterocycles. The number of carbonyl (C=O) groups is 1. The molecule has 0 aliphatic carbocycles. The molecule has 2 aromatic carbocycles. The van der Waals surface area contributed by atoms with E-state index in [9.17, 15) is 9.90 Å². The maximum atomic E-state index is 11.9. The predicted molar refractivity (Wildman–Crippen MR) is 79.1 cm³/mol. The van der Waals surface area contributed by atoms with Crippen LogP contribution in [0, 0.1) is 0 Å². The topological polar surface area (TPSA) is 46.5 Å². The molecule has 2 rings (SSSR count). The van der Waals surface area contributed by atoms with Gasteiger partial charge in [-0.2, -0.15) is 0 Å². The van der Waals surface area contributed by atoms with E-state index >= 15 is 0 Å². The molecule has 0 fully saturated rings. The smallest absolute Gasteiger partial charge is 0.185 e. The van der Waals surface area contributed by atoms with E-state index in [1.54, 1.807) is 18.2 Å². The number of allylic oxidation sites excluding steroid dienone is 1. The highest BCUT2D eigenvalue weighted by molar-refractivity contribution is 6.06. The van der Waals surface area contributed by atoms with E-state index < -0.39 is 0 Å². The predicted octanol–water partition coefficient (Wildman–Crippen LogP) is 3.69. The van der Waals surface area contributed by atoms with Crippen LogP contribution in [-0.4, -0.2) is 17.5 Å². The van der Waals surface area contributed by atoms with Crippen LogP contribution in [0.25, 0.3) is 6.08 Å². The molecule has 0 spiro atoms. The highest BCUT2D eigenvalue weighted by Gasteiger charge is 2.01. The second-order valence-electron chi connectivity index (χ2n) is 4.25. The van der Waals surface area contributed by atoms with Crippen molar-refractivity contribution in [2.24, 2.45) is 0 Å². The molecule has 0 amide bonds. The van der Waals surface area contributed by atoms with Gasteiger partial charge in [-0.15, -0.1) is 0 Å². The summed E-state index contributed by atoms with van der Waals surface area (Å²) in [7, 11) is 0. The third-order valence-corrected chi connectivity index (χ3v) is 2.77. The maximum Gasteiger partial charge on any atom is 0.185 e. The van der Waals surface area contributed by atoms with Crippen LogP contribution >= 0.6 is 0 Å². The van der Waals surface area contributed by atoms with Gasteiger partial charge in [0.15, 0.2) is 5.78 Å². The van der Waals surface area contributed by atoms with Gasteiger partial charge in [0.1, 0.15) is 11.5 Å². The van der Waals surface area contributed by atoms with Crippen molar-refractivity contribution in [2.45, 2.75) is 6.92 Å². The third-order valence-electron chi connectivity index (χ3n) is 2.77. The minimum atomic E-state index is -0.0983. The quantitative estimate of drug-likeness (QED) is 0.664. The Morgan fingerprint density at radius 2 is 1.75 bits per heavy atom. The zero-order valence-electron chi connectivity index (χ0n) is 11.2. The second kappa shape index (κ2) is 6.57. The van der Waals surface area contributed by atoms with Crippen LogP contribution < -0.4 is 4.74 Å². The van der Waals surface area contributed by atoms with Gasteiger partial charge in [-0.05, 0) is 55.0 Å². The average Bonchev–Trinajstić information content (AvgIpc) is 2.47. The van der Waals surface area contributed by atoms with E-state index in [1.165, 1.54) is 18.2 Å². The van der Waals surface area contributed by atoms with E-state index in [-0.39, 0.29) is 11.5 Å². The minimum Gasteiger partial charge on any atom is -0.508 e. The fourth-order valence-corrected chi connectivity index (χ4v) is 1.74. The number of hydrogen-bond acceptors (Lipinski definition) is 3. The molecule has 20 heavy (non-hydrogen) atoms. The van der Waals surface area contributed by atoms with Crippen LogP contribution in [0.4, 0.5) is 0 Å². The Labute approximate surface area is 118 Å². The van der Waals surface area contributed by atoms with Gasteiger partial charge in [-0.1, -0.05) is 18.2 Å². The minimum absolute atomic E-state index is 0.0983. The number of phenols is 1. The summed E-state index contributed by atoms with van der Waals surface area (Å²) in [5, 5.41) is 9.17. The van der Waals surface area contributed by atoms with Crippen molar-refractivity contribution in [3.8, 4) is 11.5 Å². The summed E-state index contributed by atoms with van der Waals surface area (Å²) in [6.07, 6.45) is 3.27. The van der Waals surface area contributed by atoms with Gasteiger partial charge in [0.2, 0.25) is 0 Å². The van der Waals surface area contributed by atoms with E-state index in [4.69, 9.17) is 4.74 Å². The van der Waals surface area contributed by atoms with Crippen LogP contribution in [-0.2, 0) is 0 Å². The third kappa shape index (κ3) is 3.72. The van der Waals surface area contributed by atoms with Crippen molar-refractivity contribution >= 4 is 11.9 Å². The molecule has 3 nitrogen and oxygen atoms in total. The zero-order chi connectivity index (χ0) is 14.4. The number of ketones is 1. The molecule has 0 saturated carbocycles. The number of phenolic OH excluding ortho intramolecular Hbond substituents is 1. The summed E-state index contributed by atoms with van der Waals surface area (Å²) in [6.45, 7) is 2.57. The van der Waals surface area contributed by atoms with Gasteiger partial charge in [0.05, 0.1) is 6.61 Å². The van der Waals surface area contributed by atoms with Crippen molar-refractivity contribution in [2.75, 3.05) is 6.61 Å². The number of ether oxygens (including phenoxy) is 1. The Hall–Kier alpha value is -2.55. The monoisotopic (exact) mass is 268 g/mol. The van der Waals surface area contributed by atoms with Gasteiger partial charge < -0.3 is 9.84 Å². The second-order valence-corrected chi connectivity index (χ2v) is 4.25. The molecular weight excluding hydrogens is 252 g/mol. The fourth-order valence-electron chi connectivity index (χ4n) is 1.74. The van der Waals surface area contributed by atoms with Crippen LogP contribution in [0.15, 0.2) is 54.6 Å². The Balaban J connectivity index is 2.04. The molecule has 0 aliphatic rings. The van der Waals surface area contributed by atoms with E-state index in [0.717, 1.165) is 11.3 Å². The number of benzene rings is 2. The maximum absolute atomic E-state index is 11.9. The molecule has 0 aromatic heterocycles. The molecule has 0 unspecified atom stereocenters. The van der Waals surface area contributed by atoms with Gasteiger partial charge in [-0.3, -0.25) is 4.79 Å². The summed E-state index contributed by atoms with van der Waals surface area (Å²) < 4.78 is 5.35. The normalized spacial score (nSPS) is 10.7. The SMILES string of the molecule is CCOc1ccc(C=CC(=O)c2ccc(O)cc2)cc1. The Morgan fingerprint density at radius 1 is 1.10 bits per heavy atom. The summed E-state index contributed by atoms with van der Waals surface area (Å²) >= 11 is 0. The van der Waals surface area contributed by atoms with Gasteiger partial charge in [0.25, 0.3) is 0 Å². The van der Waals surface area contributed by atoms with Crippen LogP contribution in [0.2, 0.25) is 0 Å². The molecule has 2 aromatic rings. The van der Waals surface area contributed by atoms with Crippen molar-refractivity contribution < 1.29 is 14.6 Å². The first kappa shape index (κ1) is 13.9. The Kier molecular flexibility index (Phi) is 4.56. The Bertz CT molecular complexity index is 595. The first-order chi connectivity index (χ1) is 9.69. The molecule has 3 heteroatoms. The molecule has 102 valence electrons. The zero-order valence-corrected chi connectivity index (χ0v) is 11.2. The Morgan fingerprint density at radius 3 is 2.35 bits per heavy atom. The molecule has 0 radical (unpaired) electrons. The van der Waals surface area contributed by atoms with Crippen LogP contribution in [0.3, 0.4) is 0 Å². The van der Waals surface area contributed by atoms with E-state index in [1.807, 2.05) is 31.2 Å². The number of carbonyl (C=O) groups excluding carboxylic acids is 1. The lowest BCUT2D eigenvalue weighted by atomic mass is 10.1. The number of hydrogen-bond donors (Lipinski definition) is 1. The average molecular weight is 268 g/mol. The van der Waals surface area contributed by atoms with E-state index in [2.05, 4.69) is 0 Å². The lowest BCUT2D eigenvalue weighted by molar-refractivity contribution is 0.104. The highest BCUT2D eigenvalue weighted by Crippen LogP contribution is 2.14. The summed E-state index contributed by atoms with van der Waals surface area (Å²) in [4.78, 5) is 11.9. The van der Waals surface area contributed by atoms with Crippen molar-refractivity contribution in [1.29, 1.82) is 0 Å². The summed E-state index contributed by atoms with van der Waals surface area (Å²) in [5.74, 6) is 0.866. The van der Waals surface area contributed by atoms with Crippen molar-refractivity contribution in [3.63, 3.8) is 0 Å². The van der Waals surface area contributed by atoms with Crippen LogP contribution in [0.5, 0.6) is 11.5 Å². The highest BCUT2D eigenvalue weighted by atomic mass is 16.5. The summed E-state index contributed by atoms with van der Waals surface area (Å²) in [5.41, 5.74) is 1.48. The lowest BCUT2D eigenvalue weighted by Gasteiger charge is -2.02. The van der Waals surface area contributed by atoms with Crippen molar-refractivity contribution in [1.82, 2.24) is 0 Å². The molecule has 1 N–H and O–H groups in total. The molecular formula is C17H16O3. The summed E-state index contributed by atoms with van der Waals surface area (Å²) in [6, 6.07) is 13.7. The lowest BCUT2D eigenvalue weighted by Crippen LogP contribution is -1.93. The molecule has 0 aliphatic heterocycles. The molecule has 0 bridgehead atoms. The largest absolute Gasteiger partial charge is 0.508 e. The van der Waals surface area contributed by atoms with E-state index in [0.29, 0.717) is 12.2 Å². The molecule has 0 atom stereocenters. The molecule has 0 heterocycles.